The first-order valence-electron chi connectivity index (χ1n) is 6.55. The highest BCUT2D eigenvalue weighted by Gasteiger charge is 2.07. The van der Waals surface area contributed by atoms with Gasteiger partial charge in [0, 0.05) is 30.9 Å². The second kappa shape index (κ2) is 6.51. The molecule has 0 spiro atoms. The molecule has 2 rings (SSSR count). The van der Waals surface area contributed by atoms with Gasteiger partial charge in [0.1, 0.15) is 0 Å². The van der Waals surface area contributed by atoms with Gasteiger partial charge in [-0.2, -0.15) is 15.0 Å². The molecule has 0 saturated carbocycles. The van der Waals surface area contributed by atoms with Crippen molar-refractivity contribution in [3.05, 3.63) is 21.9 Å². The number of nitrogens with one attached hydrogen (secondary N) is 2. The van der Waals surface area contributed by atoms with Crippen LogP contribution in [0.25, 0.3) is 0 Å². The molecule has 6 nitrogen and oxygen atoms in total. The van der Waals surface area contributed by atoms with Crippen molar-refractivity contribution in [2.75, 3.05) is 36.7 Å². The topological polar surface area (TPSA) is 66.0 Å². The van der Waals surface area contributed by atoms with E-state index in [-0.39, 0.29) is 0 Å². The van der Waals surface area contributed by atoms with Gasteiger partial charge in [-0.1, -0.05) is 6.92 Å². The van der Waals surface area contributed by atoms with E-state index in [1.54, 1.807) is 7.05 Å². The number of rotatable bonds is 6. The van der Waals surface area contributed by atoms with Crippen molar-refractivity contribution in [1.29, 1.82) is 0 Å². The van der Waals surface area contributed by atoms with Crippen LogP contribution in [0.15, 0.2) is 12.1 Å². The lowest BCUT2D eigenvalue weighted by Gasteiger charge is -2.12. The van der Waals surface area contributed by atoms with Crippen LogP contribution in [0.2, 0.25) is 0 Å². The second-order valence-corrected chi connectivity index (χ2v) is 5.76. The summed E-state index contributed by atoms with van der Waals surface area (Å²) in [5.74, 6) is 1.78. The number of nitrogens with zero attached hydrogens (tertiary/aromatic N) is 4. The Hall–Kier alpha value is -1.89. The Morgan fingerprint density at radius 3 is 2.40 bits per heavy atom. The number of hydrogen-bond acceptors (Lipinski definition) is 7. The van der Waals surface area contributed by atoms with Gasteiger partial charge in [0.15, 0.2) is 0 Å². The van der Waals surface area contributed by atoms with Crippen LogP contribution in [0, 0.1) is 0 Å². The molecule has 0 aromatic carbocycles. The predicted octanol–water partition coefficient (Wildman–Crippen LogP) is 2.22. The first kappa shape index (κ1) is 14.5. The molecule has 2 aromatic heterocycles. The smallest absolute Gasteiger partial charge is 0.231 e. The molecule has 0 radical (unpaired) electrons. The van der Waals surface area contributed by atoms with Crippen LogP contribution in [0.5, 0.6) is 0 Å². The molecule has 0 unspecified atom stereocenters. The van der Waals surface area contributed by atoms with Gasteiger partial charge in [0.2, 0.25) is 17.8 Å². The summed E-state index contributed by atoms with van der Waals surface area (Å²) in [6.45, 7) is 2.89. The standard InChI is InChI=1S/C13H20N6S/c1-5-9-6-7-10(20-9)8-15-12-16-11(14-2)17-13(18-12)19(3)4/h6-7H,5,8H2,1-4H3,(H2,14,15,16,17,18). The lowest BCUT2D eigenvalue weighted by atomic mass is 10.4. The van der Waals surface area contributed by atoms with Crippen LogP contribution < -0.4 is 15.5 Å². The van der Waals surface area contributed by atoms with Crippen molar-refractivity contribution < 1.29 is 0 Å². The first-order chi connectivity index (χ1) is 9.62. The number of hydrogen-bond donors (Lipinski definition) is 2. The minimum absolute atomic E-state index is 0.562. The molecular formula is C13H20N6S. The molecule has 2 heterocycles. The normalized spacial score (nSPS) is 10.4. The summed E-state index contributed by atoms with van der Waals surface area (Å²) < 4.78 is 0. The van der Waals surface area contributed by atoms with Gasteiger partial charge in [-0.05, 0) is 18.6 Å². The fourth-order valence-electron chi connectivity index (χ4n) is 1.63. The van der Waals surface area contributed by atoms with E-state index in [1.165, 1.54) is 9.75 Å². The molecule has 108 valence electrons. The first-order valence-corrected chi connectivity index (χ1v) is 7.36. The largest absolute Gasteiger partial charge is 0.357 e. The highest BCUT2D eigenvalue weighted by molar-refractivity contribution is 7.12. The van der Waals surface area contributed by atoms with Crippen molar-refractivity contribution in [2.45, 2.75) is 19.9 Å². The predicted molar refractivity (Wildman–Crippen MR) is 84.7 cm³/mol. The van der Waals surface area contributed by atoms with Crippen molar-refractivity contribution in [3.63, 3.8) is 0 Å². The van der Waals surface area contributed by atoms with Crippen LogP contribution in [0.1, 0.15) is 16.7 Å². The van der Waals surface area contributed by atoms with E-state index in [0.717, 1.165) is 13.0 Å². The Balaban J connectivity index is 2.10. The quantitative estimate of drug-likeness (QED) is 0.851. The minimum atomic E-state index is 0.562. The third-order valence-electron chi connectivity index (χ3n) is 2.73. The summed E-state index contributed by atoms with van der Waals surface area (Å²) in [5.41, 5.74) is 0. The fraction of sp³-hybridized carbons (Fsp3) is 0.462. The maximum Gasteiger partial charge on any atom is 0.231 e. The summed E-state index contributed by atoms with van der Waals surface area (Å²) in [7, 11) is 5.61. The molecule has 0 aliphatic heterocycles. The maximum atomic E-state index is 4.38. The van der Waals surface area contributed by atoms with E-state index in [0.29, 0.717) is 17.8 Å². The van der Waals surface area contributed by atoms with Crippen molar-refractivity contribution in [3.8, 4) is 0 Å². The molecule has 0 amide bonds. The van der Waals surface area contributed by atoms with E-state index in [4.69, 9.17) is 0 Å². The van der Waals surface area contributed by atoms with Crippen molar-refractivity contribution in [2.24, 2.45) is 0 Å². The minimum Gasteiger partial charge on any atom is -0.357 e. The average Bonchev–Trinajstić information content (AvgIpc) is 2.92. The Kier molecular flexibility index (Phi) is 4.73. The van der Waals surface area contributed by atoms with Crippen LogP contribution in [0.4, 0.5) is 17.8 Å². The van der Waals surface area contributed by atoms with Gasteiger partial charge in [0.25, 0.3) is 0 Å². The van der Waals surface area contributed by atoms with Crippen molar-refractivity contribution in [1.82, 2.24) is 15.0 Å². The summed E-state index contributed by atoms with van der Waals surface area (Å²) in [6, 6.07) is 4.31. The van der Waals surface area contributed by atoms with Crippen LogP contribution >= 0.6 is 11.3 Å². The highest BCUT2D eigenvalue weighted by atomic mass is 32.1. The maximum absolute atomic E-state index is 4.38. The zero-order valence-electron chi connectivity index (χ0n) is 12.3. The SMILES string of the molecule is CCc1ccc(CNc2nc(NC)nc(N(C)C)n2)s1. The zero-order chi connectivity index (χ0) is 14.5. The summed E-state index contributed by atoms with van der Waals surface area (Å²) >= 11 is 1.81. The van der Waals surface area contributed by atoms with Gasteiger partial charge in [-0.15, -0.1) is 11.3 Å². The van der Waals surface area contributed by atoms with Crippen molar-refractivity contribution >= 4 is 29.2 Å². The van der Waals surface area contributed by atoms with Gasteiger partial charge in [-0.25, -0.2) is 0 Å². The summed E-state index contributed by atoms with van der Waals surface area (Å²) in [5, 5.41) is 6.20. The van der Waals surface area contributed by atoms with Gasteiger partial charge in [0.05, 0.1) is 6.54 Å². The van der Waals surface area contributed by atoms with Crippen LogP contribution in [-0.2, 0) is 13.0 Å². The van der Waals surface area contributed by atoms with Crippen LogP contribution in [0.3, 0.4) is 0 Å². The van der Waals surface area contributed by atoms with Crippen LogP contribution in [-0.4, -0.2) is 36.1 Å². The Morgan fingerprint density at radius 1 is 1.10 bits per heavy atom. The number of thiophene rings is 1. The third-order valence-corrected chi connectivity index (χ3v) is 3.96. The van der Waals surface area contributed by atoms with E-state index < -0.39 is 0 Å². The van der Waals surface area contributed by atoms with Gasteiger partial charge < -0.3 is 15.5 Å². The monoisotopic (exact) mass is 292 g/mol. The molecule has 20 heavy (non-hydrogen) atoms. The molecule has 2 N–H and O–H groups in total. The fourth-order valence-corrected chi connectivity index (χ4v) is 2.53. The van der Waals surface area contributed by atoms with Gasteiger partial charge >= 0.3 is 0 Å². The highest BCUT2D eigenvalue weighted by Crippen LogP contribution is 2.18. The molecule has 0 atom stereocenters. The molecule has 0 aliphatic rings. The lowest BCUT2D eigenvalue weighted by Crippen LogP contribution is -2.16. The van der Waals surface area contributed by atoms with E-state index in [2.05, 4.69) is 44.6 Å². The van der Waals surface area contributed by atoms with E-state index >= 15 is 0 Å². The third kappa shape index (κ3) is 3.57. The van der Waals surface area contributed by atoms with E-state index in [9.17, 15) is 0 Å². The zero-order valence-corrected chi connectivity index (χ0v) is 13.1. The molecule has 0 fully saturated rings. The number of aryl methyl sites for hydroxylation is 1. The number of aromatic nitrogens is 3. The second-order valence-electron chi connectivity index (χ2n) is 4.50. The molecule has 2 aromatic rings. The Labute approximate surface area is 123 Å². The molecule has 7 heteroatoms. The molecular weight excluding hydrogens is 272 g/mol. The van der Waals surface area contributed by atoms with Gasteiger partial charge in [-0.3, -0.25) is 0 Å². The number of anilines is 3. The summed E-state index contributed by atoms with van der Waals surface area (Å²) in [6.07, 6.45) is 1.07. The molecule has 0 aliphatic carbocycles. The molecule has 0 bridgehead atoms. The Morgan fingerprint density at radius 2 is 1.80 bits per heavy atom. The molecule has 0 saturated heterocycles. The lowest BCUT2D eigenvalue weighted by molar-refractivity contribution is 0.947. The van der Waals surface area contributed by atoms with E-state index in [1.807, 2.05) is 30.3 Å². The average molecular weight is 292 g/mol. The Bertz CT molecular complexity index is 566. The summed E-state index contributed by atoms with van der Waals surface area (Å²) in [4.78, 5) is 17.5.